The van der Waals surface area contributed by atoms with Gasteiger partial charge < -0.3 is 9.64 Å². The van der Waals surface area contributed by atoms with E-state index in [0.29, 0.717) is 12.1 Å². The Morgan fingerprint density at radius 3 is 3.00 bits per heavy atom. The van der Waals surface area contributed by atoms with Gasteiger partial charge in [-0.2, -0.15) is 0 Å². The number of anilines is 1. The summed E-state index contributed by atoms with van der Waals surface area (Å²) < 4.78 is 5.58. The van der Waals surface area contributed by atoms with Crippen LogP contribution in [0.4, 0.5) is 5.82 Å². The van der Waals surface area contributed by atoms with E-state index in [4.69, 9.17) is 4.74 Å². The predicted molar refractivity (Wildman–Crippen MR) is 59.1 cm³/mol. The quantitative estimate of drug-likeness (QED) is 0.732. The molecule has 0 saturated carbocycles. The maximum atomic E-state index is 5.58. The first-order chi connectivity index (χ1) is 7.36. The molecule has 3 nitrogen and oxygen atoms in total. The molecular formula is C12H16N2O. The van der Waals surface area contributed by atoms with Crippen molar-refractivity contribution in [3.8, 4) is 0 Å². The molecule has 2 bridgehead atoms. The molecule has 3 rings (SSSR count). The number of fused-ring (bicyclic) bond motifs is 2. The van der Waals surface area contributed by atoms with Crippen molar-refractivity contribution < 1.29 is 4.74 Å². The molecule has 2 unspecified atom stereocenters. The highest BCUT2D eigenvalue weighted by Gasteiger charge is 2.39. The Morgan fingerprint density at radius 2 is 2.47 bits per heavy atom. The molecule has 2 aliphatic heterocycles. The molecule has 0 N–H and O–H groups in total. The second kappa shape index (κ2) is 3.49. The van der Waals surface area contributed by atoms with E-state index in [1.165, 1.54) is 12.0 Å². The van der Waals surface area contributed by atoms with Crippen LogP contribution in [-0.4, -0.2) is 30.3 Å². The molecule has 80 valence electrons. The number of ether oxygens (including phenoxy) is 1. The molecule has 2 aliphatic rings. The minimum Gasteiger partial charge on any atom is -0.374 e. The van der Waals surface area contributed by atoms with E-state index < -0.39 is 0 Å². The van der Waals surface area contributed by atoms with Crippen LogP contribution < -0.4 is 4.90 Å². The molecule has 0 amide bonds. The number of pyridine rings is 1. The molecular weight excluding hydrogens is 188 g/mol. The lowest BCUT2D eigenvalue weighted by Gasteiger charge is -2.27. The van der Waals surface area contributed by atoms with Gasteiger partial charge in [-0.1, -0.05) is 13.0 Å². The molecule has 0 spiro atoms. The number of hydrogen-bond donors (Lipinski definition) is 0. The van der Waals surface area contributed by atoms with Crippen LogP contribution in [0.25, 0.3) is 0 Å². The lowest BCUT2D eigenvalue weighted by atomic mass is 10.2. The zero-order valence-corrected chi connectivity index (χ0v) is 9.02. The van der Waals surface area contributed by atoms with E-state index in [0.717, 1.165) is 25.4 Å². The Morgan fingerprint density at radius 1 is 1.53 bits per heavy atom. The molecule has 1 aromatic heterocycles. The zero-order valence-electron chi connectivity index (χ0n) is 9.02. The fraction of sp³-hybridized carbons (Fsp3) is 0.583. The van der Waals surface area contributed by atoms with Gasteiger partial charge in [-0.3, -0.25) is 0 Å². The van der Waals surface area contributed by atoms with Gasteiger partial charge in [-0.25, -0.2) is 4.98 Å². The van der Waals surface area contributed by atoms with E-state index in [1.807, 2.05) is 6.20 Å². The lowest BCUT2D eigenvalue weighted by molar-refractivity contribution is 0.0989. The van der Waals surface area contributed by atoms with E-state index in [-0.39, 0.29) is 0 Å². The second-order valence-corrected chi connectivity index (χ2v) is 4.38. The normalized spacial score (nSPS) is 28.7. The third kappa shape index (κ3) is 1.51. The molecule has 2 fully saturated rings. The third-order valence-corrected chi connectivity index (χ3v) is 3.41. The molecule has 0 radical (unpaired) electrons. The number of hydrogen-bond acceptors (Lipinski definition) is 3. The van der Waals surface area contributed by atoms with Crippen molar-refractivity contribution in [2.75, 3.05) is 18.1 Å². The maximum Gasteiger partial charge on any atom is 0.128 e. The van der Waals surface area contributed by atoms with Gasteiger partial charge in [-0.05, 0) is 24.5 Å². The predicted octanol–water partition coefficient (Wildman–Crippen LogP) is 1.62. The smallest absolute Gasteiger partial charge is 0.128 e. The maximum absolute atomic E-state index is 5.58. The molecule has 3 heterocycles. The highest BCUT2D eigenvalue weighted by Crippen LogP contribution is 2.31. The van der Waals surface area contributed by atoms with Crippen molar-refractivity contribution in [2.24, 2.45) is 0 Å². The summed E-state index contributed by atoms with van der Waals surface area (Å²) in [4.78, 5) is 6.90. The first kappa shape index (κ1) is 9.16. The van der Waals surface area contributed by atoms with Crippen LogP contribution in [0.2, 0.25) is 0 Å². The summed E-state index contributed by atoms with van der Waals surface area (Å²) in [6.45, 7) is 4.05. The Balaban J connectivity index is 1.81. The van der Waals surface area contributed by atoms with Crippen molar-refractivity contribution in [2.45, 2.75) is 31.9 Å². The van der Waals surface area contributed by atoms with Crippen LogP contribution >= 0.6 is 0 Å². The summed E-state index contributed by atoms with van der Waals surface area (Å²) in [6.07, 6.45) is 4.67. The average molecular weight is 204 g/mol. The molecule has 0 aromatic carbocycles. The van der Waals surface area contributed by atoms with Crippen LogP contribution in [0.15, 0.2) is 18.3 Å². The molecule has 2 saturated heterocycles. The molecule has 3 heteroatoms. The van der Waals surface area contributed by atoms with Crippen molar-refractivity contribution in [3.05, 3.63) is 23.9 Å². The minimum absolute atomic E-state index is 0.447. The van der Waals surface area contributed by atoms with Gasteiger partial charge in [0.15, 0.2) is 0 Å². The Labute approximate surface area is 90.1 Å². The molecule has 15 heavy (non-hydrogen) atoms. The van der Waals surface area contributed by atoms with E-state index in [1.54, 1.807) is 0 Å². The summed E-state index contributed by atoms with van der Waals surface area (Å²) in [5.74, 6) is 1.11. The number of aromatic nitrogens is 1. The van der Waals surface area contributed by atoms with Gasteiger partial charge in [0.1, 0.15) is 5.82 Å². The summed E-state index contributed by atoms with van der Waals surface area (Å²) in [7, 11) is 0. The summed E-state index contributed by atoms with van der Waals surface area (Å²) in [6, 6.07) is 4.88. The fourth-order valence-corrected chi connectivity index (χ4v) is 2.48. The first-order valence-corrected chi connectivity index (χ1v) is 5.70. The summed E-state index contributed by atoms with van der Waals surface area (Å²) in [5.41, 5.74) is 1.30. The van der Waals surface area contributed by atoms with Crippen LogP contribution in [0.3, 0.4) is 0 Å². The van der Waals surface area contributed by atoms with Crippen LogP contribution in [0, 0.1) is 0 Å². The van der Waals surface area contributed by atoms with Crippen molar-refractivity contribution in [3.63, 3.8) is 0 Å². The number of aryl methyl sites for hydroxylation is 1. The van der Waals surface area contributed by atoms with Crippen molar-refractivity contribution >= 4 is 5.82 Å². The van der Waals surface area contributed by atoms with Crippen molar-refractivity contribution in [1.82, 2.24) is 4.98 Å². The van der Waals surface area contributed by atoms with Gasteiger partial charge in [-0.15, -0.1) is 0 Å². The highest BCUT2D eigenvalue weighted by atomic mass is 16.5. The van der Waals surface area contributed by atoms with E-state index >= 15 is 0 Å². The SMILES string of the molecule is CCc1ccc(N2CC3CC2CO3)nc1. The van der Waals surface area contributed by atoms with Gasteiger partial charge in [0, 0.05) is 12.7 Å². The Kier molecular flexibility index (Phi) is 2.13. The summed E-state index contributed by atoms with van der Waals surface area (Å²) in [5, 5.41) is 0. The minimum atomic E-state index is 0.447. The number of rotatable bonds is 2. The molecule has 0 aliphatic carbocycles. The Bertz CT molecular complexity index is 349. The van der Waals surface area contributed by atoms with E-state index in [2.05, 4.69) is 28.9 Å². The van der Waals surface area contributed by atoms with Gasteiger partial charge >= 0.3 is 0 Å². The van der Waals surface area contributed by atoms with Crippen LogP contribution in [0.1, 0.15) is 18.9 Å². The topological polar surface area (TPSA) is 25.4 Å². The fourth-order valence-electron chi connectivity index (χ4n) is 2.48. The summed E-state index contributed by atoms with van der Waals surface area (Å²) >= 11 is 0. The average Bonchev–Trinajstić information content (AvgIpc) is 2.91. The van der Waals surface area contributed by atoms with E-state index in [9.17, 15) is 0 Å². The highest BCUT2D eigenvalue weighted by molar-refractivity contribution is 5.43. The monoisotopic (exact) mass is 204 g/mol. The molecule has 2 atom stereocenters. The van der Waals surface area contributed by atoms with Crippen LogP contribution in [0.5, 0.6) is 0 Å². The first-order valence-electron chi connectivity index (χ1n) is 5.70. The van der Waals surface area contributed by atoms with Gasteiger partial charge in [0.25, 0.3) is 0 Å². The van der Waals surface area contributed by atoms with Crippen molar-refractivity contribution in [1.29, 1.82) is 0 Å². The lowest BCUT2D eigenvalue weighted by Crippen LogP contribution is -2.37. The number of morpholine rings is 1. The largest absolute Gasteiger partial charge is 0.374 e. The zero-order chi connectivity index (χ0) is 10.3. The Hall–Kier alpha value is -1.09. The second-order valence-electron chi connectivity index (χ2n) is 4.38. The third-order valence-electron chi connectivity index (χ3n) is 3.41. The standard InChI is InChI=1S/C12H16N2O/c1-2-9-3-4-12(13-6-9)14-7-11-5-10(14)8-15-11/h3-4,6,10-11H,2,5,7-8H2,1H3. The van der Waals surface area contributed by atoms with Gasteiger partial charge in [0.2, 0.25) is 0 Å². The molecule has 1 aromatic rings. The number of nitrogens with zero attached hydrogens (tertiary/aromatic N) is 2. The van der Waals surface area contributed by atoms with Crippen LogP contribution in [-0.2, 0) is 11.2 Å². The van der Waals surface area contributed by atoms with Gasteiger partial charge in [0.05, 0.1) is 18.8 Å².